The first-order valence-electron chi connectivity index (χ1n) is 5.62. The molecule has 2 unspecified atom stereocenters. The van der Waals surface area contributed by atoms with E-state index >= 15 is 0 Å². The van der Waals surface area contributed by atoms with Gasteiger partial charge in [-0.15, -0.1) is 0 Å². The summed E-state index contributed by atoms with van der Waals surface area (Å²) in [5.74, 6) is 0. The Morgan fingerprint density at radius 2 is 1.50 bits per heavy atom. The van der Waals surface area contributed by atoms with Gasteiger partial charge in [0.05, 0.1) is 0 Å². The number of hydrogen-bond donors (Lipinski definition) is 1. The average Bonchev–Trinajstić information content (AvgIpc) is 2.04. The SMILES string of the molecule is CCCC(C)N(C(N)=O)C(C)CCC. The number of urea groups is 1. The zero-order valence-corrected chi connectivity index (χ0v) is 9.92. The average molecular weight is 200 g/mol. The fourth-order valence-electron chi connectivity index (χ4n) is 1.98. The second-order valence-electron chi connectivity index (χ2n) is 4.02. The number of carbonyl (C=O) groups excluding carboxylic acids is 1. The molecule has 0 aromatic rings. The Morgan fingerprint density at radius 3 is 1.71 bits per heavy atom. The van der Waals surface area contributed by atoms with E-state index in [1.54, 1.807) is 0 Å². The smallest absolute Gasteiger partial charge is 0.315 e. The van der Waals surface area contributed by atoms with Crippen molar-refractivity contribution >= 4 is 6.03 Å². The molecular formula is C11H24N2O. The largest absolute Gasteiger partial charge is 0.351 e. The van der Waals surface area contributed by atoms with E-state index in [-0.39, 0.29) is 18.1 Å². The molecule has 3 nitrogen and oxygen atoms in total. The van der Waals surface area contributed by atoms with Crippen molar-refractivity contribution in [2.75, 3.05) is 0 Å². The molecule has 14 heavy (non-hydrogen) atoms. The van der Waals surface area contributed by atoms with Crippen LogP contribution in [-0.2, 0) is 0 Å². The maximum absolute atomic E-state index is 11.3. The monoisotopic (exact) mass is 200 g/mol. The van der Waals surface area contributed by atoms with Crippen molar-refractivity contribution in [3.05, 3.63) is 0 Å². The van der Waals surface area contributed by atoms with Crippen molar-refractivity contribution in [2.24, 2.45) is 5.73 Å². The molecule has 0 saturated carbocycles. The maximum atomic E-state index is 11.3. The summed E-state index contributed by atoms with van der Waals surface area (Å²) in [4.78, 5) is 13.1. The summed E-state index contributed by atoms with van der Waals surface area (Å²) >= 11 is 0. The van der Waals surface area contributed by atoms with E-state index in [1.807, 2.05) is 4.90 Å². The Balaban J connectivity index is 4.33. The molecule has 0 aliphatic heterocycles. The Kier molecular flexibility index (Phi) is 6.34. The van der Waals surface area contributed by atoms with Gasteiger partial charge in [0.25, 0.3) is 0 Å². The highest BCUT2D eigenvalue weighted by atomic mass is 16.2. The number of nitrogens with zero attached hydrogens (tertiary/aromatic N) is 1. The van der Waals surface area contributed by atoms with E-state index < -0.39 is 0 Å². The third-order valence-electron chi connectivity index (χ3n) is 2.62. The Hall–Kier alpha value is -0.730. The van der Waals surface area contributed by atoms with Crippen LogP contribution in [0.4, 0.5) is 4.79 Å². The van der Waals surface area contributed by atoms with Gasteiger partial charge in [0.2, 0.25) is 0 Å². The van der Waals surface area contributed by atoms with Crippen LogP contribution in [0, 0.1) is 0 Å². The second-order valence-corrected chi connectivity index (χ2v) is 4.02. The number of amides is 2. The molecule has 2 N–H and O–H groups in total. The summed E-state index contributed by atoms with van der Waals surface area (Å²) in [6, 6.07) is 0.241. The maximum Gasteiger partial charge on any atom is 0.315 e. The van der Waals surface area contributed by atoms with Gasteiger partial charge in [0.15, 0.2) is 0 Å². The van der Waals surface area contributed by atoms with Gasteiger partial charge in [-0.3, -0.25) is 0 Å². The Bertz CT molecular complexity index is 159. The third kappa shape index (κ3) is 3.99. The lowest BCUT2D eigenvalue weighted by Crippen LogP contribution is -2.47. The number of rotatable bonds is 6. The normalized spacial score (nSPS) is 14.9. The van der Waals surface area contributed by atoms with Crippen LogP contribution >= 0.6 is 0 Å². The highest BCUT2D eigenvalue weighted by molar-refractivity contribution is 5.72. The van der Waals surface area contributed by atoms with Gasteiger partial charge in [-0.2, -0.15) is 0 Å². The van der Waals surface area contributed by atoms with Crippen molar-refractivity contribution in [3.63, 3.8) is 0 Å². The molecular weight excluding hydrogens is 176 g/mol. The van der Waals surface area contributed by atoms with Crippen LogP contribution in [0.1, 0.15) is 53.4 Å². The second kappa shape index (κ2) is 6.68. The highest BCUT2D eigenvalue weighted by Crippen LogP contribution is 2.13. The van der Waals surface area contributed by atoms with Gasteiger partial charge < -0.3 is 10.6 Å². The number of carbonyl (C=O) groups is 1. The molecule has 0 fully saturated rings. The molecule has 0 aliphatic carbocycles. The molecule has 2 atom stereocenters. The summed E-state index contributed by atoms with van der Waals surface area (Å²) in [7, 11) is 0. The molecule has 0 rings (SSSR count). The van der Waals surface area contributed by atoms with Gasteiger partial charge in [-0.25, -0.2) is 4.79 Å². The fraction of sp³-hybridized carbons (Fsp3) is 0.909. The van der Waals surface area contributed by atoms with Gasteiger partial charge >= 0.3 is 6.03 Å². The molecule has 84 valence electrons. The first-order valence-corrected chi connectivity index (χ1v) is 5.62. The lowest BCUT2D eigenvalue weighted by molar-refractivity contribution is 0.154. The molecule has 3 heteroatoms. The Labute approximate surface area is 87.6 Å². The molecule has 0 heterocycles. The van der Waals surface area contributed by atoms with Crippen LogP contribution in [-0.4, -0.2) is 23.0 Å². The standard InChI is InChI=1S/C11H24N2O/c1-5-7-9(3)13(11(12)14)10(4)8-6-2/h9-10H,5-8H2,1-4H3,(H2,12,14). The van der Waals surface area contributed by atoms with Crippen LogP contribution in [0.5, 0.6) is 0 Å². The van der Waals surface area contributed by atoms with Crippen molar-refractivity contribution in [3.8, 4) is 0 Å². The zero-order chi connectivity index (χ0) is 11.1. The quantitative estimate of drug-likeness (QED) is 0.704. The van der Waals surface area contributed by atoms with Crippen LogP contribution in [0.25, 0.3) is 0 Å². The van der Waals surface area contributed by atoms with Crippen LogP contribution < -0.4 is 5.73 Å². The minimum atomic E-state index is -0.285. The predicted octanol–water partition coefficient (Wildman–Crippen LogP) is 2.74. The van der Waals surface area contributed by atoms with Gasteiger partial charge in [0, 0.05) is 12.1 Å². The highest BCUT2D eigenvalue weighted by Gasteiger charge is 2.21. The first-order chi connectivity index (χ1) is 6.54. The molecule has 0 aromatic heterocycles. The van der Waals surface area contributed by atoms with Crippen molar-refractivity contribution in [1.82, 2.24) is 4.90 Å². The van der Waals surface area contributed by atoms with Crippen LogP contribution in [0.3, 0.4) is 0 Å². The fourth-order valence-corrected chi connectivity index (χ4v) is 1.98. The van der Waals surface area contributed by atoms with E-state index in [1.165, 1.54) is 0 Å². The molecule has 0 aromatic carbocycles. The molecule has 0 aliphatic rings. The van der Waals surface area contributed by atoms with Crippen molar-refractivity contribution in [2.45, 2.75) is 65.5 Å². The predicted molar refractivity (Wildman–Crippen MR) is 60.2 cm³/mol. The summed E-state index contributed by atoms with van der Waals surface area (Å²) in [6.07, 6.45) is 4.22. The lowest BCUT2D eigenvalue weighted by atomic mass is 10.1. The molecule has 0 spiro atoms. The van der Waals surface area contributed by atoms with Gasteiger partial charge in [0.1, 0.15) is 0 Å². The number of nitrogens with two attached hydrogens (primary N) is 1. The minimum absolute atomic E-state index is 0.263. The summed E-state index contributed by atoms with van der Waals surface area (Å²) in [5, 5.41) is 0. The van der Waals surface area contributed by atoms with Crippen LogP contribution in [0.2, 0.25) is 0 Å². The van der Waals surface area contributed by atoms with E-state index in [4.69, 9.17) is 5.73 Å². The van der Waals surface area contributed by atoms with E-state index in [0.29, 0.717) is 0 Å². The van der Waals surface area contributed by atoms with E-state index in [2.05, 4.69) is 27.7 Å². The molecule has 0 radical (unpaired) electrons. The van der Waals surface area contributed by atoms with Gasteiger partial charge in [-0.05, 0) is 26.7 Å². The lowest BCUT2D eigenvalue weighted by Gasteiger charge is -2.33. The Morgan fingerprint density at radius 1 is 1.14 bits per heavy atom. The van der Waals surface area contributed by atoms with E-state index in [9.17, 15) is 4.79 Å². The molecule has 0 saturated heterocycles. The summed E-state index contributed by atoms with van der Waals surface area (Å²) < 4.78 is 0. The first kappa shape index (κ1) is 13.3. The van der Waals surface area contributed by atoms with Gasteiger partial charge in [-0.1, -0.05) is 26.7 Å². The van der Waals surface area contributed by atoms with Crippen LogP contribution in [0.15, 0.2) is 0 Å². The number of hydrogen-bond acceptors (Lipinski definition) is 1. The zero-order valence-electron chi connectivity index (χ0n) is 9.92. The topological polar surface area (TPSA) is 46.3 Å². The van der Waals surface area contributed by atoms with Crippen molar-refractivity contribution in [1.29, 1.82) is 0 Å². The van der Waals surface area contributed by atoms with Crippen molar-refractivity contribution < 1.29 is 4.79 Å². The summed E-state index contributed by atoms with van der Waals surface area (Å²) in [5.41, 5.74) is 5.39. The third-order valence-corrected chi connectivity index (χ3v) is 2.62. The summed E-state index contributed by atoms with van der Waals surface area (Å²) in [6.45, 7) is 8.39. The molecule has 2 amide bonds. The number of primary amides is 1. The minimum Gasteiger partial charge on any atom is -0.351 e. The van der Waals surface area contributed by atoms with E-state index in [0.717, 1.165) is 25.7 Å². The molecule has 0 bridgehead atoms.